The van der Waals surface area contributed by atoms with Crippen LogP contribution in [-0.2, 0) is 4.79 Å². The highest BCUT2D eigenvalue weighted by atomic mass is 32.2. The zero-order valence-electron chi connectivity index (χ0n) is 14.5. The third kappa shape index (κ3) is 4.31. The summed E-state index contributed by atoms with van der Waals surface area (Å²) in [5.74, 6) is 0.574. The first kappa shape index (κ1) is 17.7. The molecule has 1 unspecified atom stereocenters. The van der Waals surface area contributed by atoms with Crippen molar-refractivity contribution in [1.29, 1.82) is 0 Å². The van der Waals surface area contributed by atoms with Crippen molar-refractivity contribution in [3.05, 3.63) is 24.3 Å². The van der Waals surface area contributed by atoms with Gasteiger partial charge in [-0.15, -0.1) is 5.10 Å². The number of tetrazole rings is 1. The van der Waals surface area contributed by atoms with Crippen LogP contribution in [0.5, 0.6) is 5.75 Å². The van der Waals surface area contributed by atoms with Gasteiger partial charge in [0.2, 0.25) is 11.1 Å². The van der Waals surface area contributed by atoms with Crippen molar-refractivity contribution in [3.8, 4) is 5.75 Å². The molecule has 25 heavy (non-hydrogen) atoms. The van der Waals surface area contributed by atoms with Crippen LogP contribution in [0.4, 0.5) is 5.69 Å². The second-order valence-corrected chi connectivity index (χ2v) is 7.33. The van der Waals surface area contributed by atoms with E-state index in [-0.39, 0.29) is 11.2 Å². The van der Waals surface area contributed by atoms with Crippen molar-refractivity contribution in [3.63, 3.8) is 0 Å². The molecule has 1 atom stereocenters. The van der Waals surface area contributed by atoms with Crippen LogP contribution in [0.15, 0.2) is 29.4 Å². The Bertz CT molecular complexity index is 715. The summed E-state index contributed by atoms with van der Waals surface area (Å²) in [4.78, 5) is 12.6. The maximum Gasteiger partial charge on any atom is 0.237 e. The van der Waals surface area contributed by atoms with Gasteiger partial charge in [0.05, 0.1) is 23.6 Å². The summed E-state index contributed by atoms with van der Waals surface area (Å²) in [7, 11) is 0. The van der Waals surface area contributed by atoms with E-state index in [1.807, 2.05) is 42.8 Å². The fourth-order valence-corrected chi connectivity index (χ4v) is 3.80. The molecule has 7 nitrogen and oxygen atoms in total. The summed E-state index contributed by atoms with van der Waals surface area (Å²) >= 11 is 1.38. The van der Waals surface area contributed by atoms with E-state index in [0.717, 1.165) is 12.8 Å². The lowest BCUT2D eigenvalue weighted by atomic mass is 10.3. The van der Waals surface area contributed by atoms with Gasteiger partial charge >= 0.3 is 0 Å². The second-order valence-electron chi connectivity index (χ2n) is 6.02. The monoisotopic (exact) mass is 361 g/mol. The maximum absolute atomic E-state index is 12.6. The number of thioether (sulfide) groups is 1. The average molecular weight is 361 g/mol. The number of carbonyl (C=O) groups is 1. The molecule has 134 valence electrons. The Balaban J connectivity index is 1.65. The van der Waals surface area contributed by atoms with Gasteiger partial charge in [0.15, 0.2) is 0 Å². The smallest absolute Gasteiger partial charge is 0.237 e. The first-order valence-electron chi connectivity index (χ1n) is 8.66. The number of anilines is 1. The number of para-hydroxylation sites is 2. The van der Waals surface area contributed by atoms with Gasteiger partial charge in [-0.3, -0.25) is 4.79 Å². The van der Waals surface area contributed by atoms with Crippen LogP contribution in [0.3, 0.4) is 0 Å². The Kier molecular flexibility index (Phi) is 5.91. The van der Waals surface area contributed by atoms with Crippen molar-refractivity contribution >= 4 is 23.4 Å². The molecule has 1 aromatic carbocycles. The van der Waals surface area contributed by atoms with Gasteiger partial charge in [-0.05, 0) is 49.2 Å². The van der Waals surface area contributed by atoms with E-state index < -0.39 is 0 Å². The average Bonchev–Trinajstić information content (AvgIpc) is 3.28. The first-order valence-corrected chi connectivity index (χ1v) is 9.54. The summed E-state index contributed by atoms with van der Waals surface area (Å²) in [5, 5.41) is 15.3. The first-order chi connectivity index (χ1) is 12.2. The number of carbonyl (C=O) groups excluding carboxylic acids is 1. The van der Waals surface area contributed by atoms with Gasteiger partial charge in [0, 0.05) is 0 Å². The Labute approximate surface area is 151 Å². The van der Waals surface area contributed by atoms with Crippen LogP contribution in [0.25, 0.3) is 0 Å². The minimum atomic E-state index is -0.319. The van der Waals surface area contributed by atoms with Crippen LogP contribution in [0.2, 0.25) is 0 Å². The molecule has 0 radical (unpaired) electrons. The summed E-state index contributed by atoms with van der Waals surface area (Å²) < 4.78 is 7.42. The topological polar surface area (TPSA) is 81.9 Å². The van der Waals surface area contributed by atoms with Crippen LogP contribution < -0.4 is 10.1 Å². The third-order valence-electron chi connectivity index (χ3n) is 4.23. The summed E-state index contributed by atoms with van der Waals surface area (Å²) in [6, 6.07) is 7.79. The van der Waals surface area contributed by atoms with Gasteiger partial charge < -0.3 is 10.1 Å². The fourth-order valence-electron chi connectivity index (χ4n) is 2.94. The molecule has 1 aromatic heterocycles. The van der Waals surface area contributed by atoms with E-state index in [9.17, 15) is 4.79 Å². The van der Waals surface area contributed by atoms with E-state index in [1.165, 1.54) is 24.6 Å². The van der Waals surface area contributed by atoms with E-state index in [0.29, 0.717) is 29.2 Å². The third-order valence-corrected chi connectivity index (χ3v) is 5.28. The molecule has 1 aliphatic rings. The molecule has 1 aliphatic carbocycles. The van der Waals surface area contributed by atoms with E-state index in [1.54, 1.807) is 0 Å². The quantitative estimate of drug-likeness (QED) is 0.762. The standard InChI is InChI=1S/C17H23N5O2S/c1-3-24-15-11-7-6-10-14(15)18-16(23)12(2)25-17-19-20-21-22(17)13-8-4-5-9-13/h6-7,10-13H,3-5,8-9H2,1-2H3,(H,18,23). The van der Waals surface area contributed by atoms with Crippen LogP contribution >= 0.6 is 11.8 Å². The number of nitrogens with one attached hydrogen (secondary N) is 1. The number of nitrogens with zero attached hydrogens (tertiary/aromatic N) is 4. The highest BCUT2D eigenvalue weighted by Crippen LogP contribution is 2.33. The van der Waals surface area contributed by atoms with Crippen LogP contribution in [-0.4, -0.2) is 38.0 Å². The lowest BCUT2D eigenvalue weighted by molar-refractivity contribution is -0.115. The van der Waals surface area contributed by atoms with Gasteiger partial charge in [0.1, 0.15) is 5.75 Å². The molecular weight excluding hydrogens is 338 g/mol. The van der Waals surface area contributed by atoms with Gasteiger partial charge in [-0.25, -0.2) is 4.68 Å². The van der Waals surface area contributed by atoms with Gasteiger partial charge in [-0.2, -0.15) is 0 Å². The largest absolute Gasteiger partial charge is 0.492 e. The number of hydrogen-bond donors (Lipinski definition) is 1. The number of aromatic nitrogens is 4. The van der Waals surface area contributed by atoms with Crippen molar-refractivity contribution in [2.24, 2.45) is 0 Å². The van der Waals surface area contributed by atoms with E-state index in [4.69, 9.17) is 4.74 Å². The van der Waals surface area contributed by atoms with Crippen LogP contribution in [0, 0.1) is 0 Å². The predicted molar refractivity (Wildman–Crippen MR) is 96.9 cm³/mol. The van der Waals surface area contributed by atoms with E-state index in [2.05, 4.69) is 20.8 Å². The number of rotatable bonds is 7. The molecule has 2 aromatic rings. The molecule has 0 aliphatic heterocycles. The fraction of sp³-hybridized carbons (Fsp3) is 0.529. The molecule has 8 heteroatoms. The number of ether oxygens (including phenoxy) is 1. The normalized spacial score (nSPS) is 15.9. The zero-order chi connectivity index (χ0) is 17.6. The molecule has 1 N–H and O–H groups in total. The van der Waals surface area contributed by atoms with Gasteiger partial charge in [-0.1, -0.05) is 36.7 Å². The van der Waals surface area contributed by atoms with Crippen LogP contribution in [0.1, 0.15) is 45.6 Å². The number of hydrogen-bond acceptors (Lipinski definition) is 6. The molecule has 0 spiro atoms. The molecule has 1 amide bonds. The van der Waals surface area contributed by atoms with Crippen molar-refractivity contribution in [2.45, 2.75) is 56.0 Å². The Morgan fingerprint density at radius 3 is 2.92 bits per heavy atom. The summed E-state index contributed by atoms with van der Waals surface area (Å²) in [6.07, 6.45) is 4.61. The second kappa shape index (κ2) is 8.33. The van der Waals surface area contributed by atoms with Crippen molar-refractivity contribution in [1.82, 2.24) is 20.2 Å². The Morgan fingerprint density at radius 1 is 1.40 bits per heavy atom. The van der Waals surface area contributed by atoms with E-state index >= 15 is 0 Å². The molecule has 1 heterocycles. The number of amides is 1. The SMILES string of the molecule is CCOc1ccccc1NC(=O)C(C)Sc1nnnn1C1CCCC1. The molecular formula is C17H23N5O2S. The molecule has 0 saturated heterocycles. The summed E-state index contributed by atoms with van der Waals surface area (Å²) in [6.45, 7) is 4.32. The Hall–Kier alpha value is -2.09. The maximum atomic E-state index is 12.6. The molecule has 3 rings (SSSR count). The minimum Gasteiger partial charge on any atom is -0.492 e. The molecule has 1 fully saturated rings. The highest BCUT2D eigenvalue weighted by Gasteiger charge is 2.25. The lowest BCUT2D eigenvalue weighted by Crippen LogP contribution is -2.23. The molecule has 1 saturated carbocycles. The molecule has 0 bridgehead atoms. The van der Waals surface area contributed by atoms with Gasteiger partial charge in [0.25, 0.3) is 0 Å². The summed E-state index contributed by atoms with van der Waals surface area (Å²) in [5.41, 5.74) is 0.678. The van der Waals surface area contributed by atoms with Crippen molar-refractivity contribution in [2.75, 3.05) is 11.9 Å². The number of benzene rings is 1. The predicted octanol–water partition coefficient (Wildman–Crippen LogP) is 3.31. The zero-order valence-corrected chi connectivity index (χ0v) is 15.3. The van der Waals surface area contributed by atoms with Crippen molar-refractivity contribution < 1.29 is 9.53 Å². The minimum absolute atomic E-state index is 0.0990. The lowest BCUT2D eigenvalue weighted by Gasteiger charge is -2.15. The Morgan fingerprint density at radius 2 is 2.16 bits per heavy atom. The highest BCUT2D eigenvalue weighted by molar-refractivity contribution is 8.00.